The van der Waals surface area contributed by atoms with Crippen LogP contribution in [-0.4, -0.2) is 10.1 Å². The van der Waals surface area contributed by atoms with Gasteiger partial charge < -0.3 is 10.3 Å². The van der Waals surface area contributed by atoms with Gasteiger partial charge in [-0.15, -0.1) is 0 Å². The van der Waals surface area contributed by atoms with Gasteiger partial charge in [0.1, 0.15) is 0 Å². The summed E-state index contributed by atoms with van der Waals surface area (Å²) in [5.74, 6) is 2.04. The van der Waals surface area contributed by atoms with Crippen molar-refractivity contribution in [3.05, 3.63) is 11.7 Å². The lowest BCUT2D eigenvalue weighted by Gasteiger charge is -2.33. The van der Waals surface area contributed by atoms with E-state index in [1.54, 1.807) is 0 Å². The van der Waals surface area contributed by atoms with Gasteiger partial charge in [-0.05, 0) is 18.8 Å². The van der Waals surface area contributed by atoms with Gasteiger partial charge in [-0.2, -0.15) is 4.98 Å². The van der Waals surface area contributed by atoms with E-state index in [9.17, 15) is 0 Å². The third-order valence-corrected chi connectivity index (χ3v) is 3.24. The van der Waals surface area contributed by atoms with Crippen molar-refractivity contribution in [2.75, 3.05) is 0 Å². The van der Waals surface area contributed by atoms with Crippen molar-refractivity contribution >= 4 is 0 Å². The first-order valence-electron chi connectivity index (χ1n) is 5.76. The minimum absolute atomic E-state index is 0.377. The molecule has 0 saturated heterocycles. The maximum atomic E-state index is 6.34. The first kappa shape index (κ1) is 10.6. The number of hydrogen-bond donors (Lipinski definition) is 1. The predicted octanol–water partition coefficient (Wildman–Crippen LogP) is 2.00. The van der Waals surface area contributed by atoms with Crippen molar-refractivity contribution in [1.82, 2.24) is 10.1 Å². The van der Waals surface area contributed by atoms with Crippen LogP contribution in [-0.2, 0) is 12.0 Å². The lowest BCUT2D eigenvalue weighted by atomic mass is 9.77. The molecule has 1 saturated carbocycles. The number of aromatic nitrogens is 2. The summed E-state index contributed by atoms with van der Waals surface area (Å²) >= 11 is 0. The highest BCUT2D eigenvalue weighted by atomic mass is 16.5. The van der Waals surface area contributed by atoms with E-state index in [2.05, 4.69) is 17.1 Å². The molecule has 1 aliphatic rings. The van der Waals surface area contributed by atoms with Gasteiger partial charge in [0.05, 0.1) is 5.54 Å². The summed E-state index contributed by atoms with van der Waals surface area (Å²) in [7, 11) is 0. The lowest BCUT2D eigenvalue weighted by Crippen LogP contribution is -2.41. The van der Waals surface area contributed by atoms with E-state index in [4.69, 9.17) is 10.3 Å². The van der Waals surface area contributed by atoms with Crippen molar-refractivity contribution in [1.29, 1.82) is 0 Å². The fourth-order valence-electron chi connectivity index (χ4n) is 2.39. The van der Waals surface area contributed by atoms with Crippen LogP contribution in [0.3, 0.4) is 0 Å². The Bertz CT molecular complexity index is 336. The first-order chi connectivity index (χ1) is 7.14. The lowest BCUT2D eigenvalue weighted by molar-refractivity contribution is 0.183. The molecule has 2 unspecified atom stereocenters. The molecule has 1 heterocycles. The molecule has 4 heteroatoms. The van der Waals surface area contributed by atoms with Gasteiger partial charge in [-0.1, -0.05) is 31.8 Å². The van der Waals surface area contributed by atoms with E-state index in [0.29, 0.717) is 11.8 Å². The SMILES string of the molecule is CCc1noc(C2(N)CCCC(C)C2)n1. The Morgan fingerprint density at radius 3 is 3.00 bits per heavy atom. The number of rotatable bonds is 2. The van der Waals surface area contributed by atoms with Gasteiger partial charge in [0, 0.05) is 6.42 Å². The van der Waals surface area contributed by atoms with Crippen LogP contribution in [0.15, 0.2) is 4.52 Å². The molecular formula is C11H19N3O. The number of nitrogens with zero attached hydrogens (tertiary/aromatic N) is 2. The molecule has 0 bridgehead atoms. The summed E-state index contributed by atoms with van der Waals surface area (Å²) in [6.45, 7) is 4.25. The van der Waals surface area contributed by atoms with Gasteiger partial charge in [0.15, 0.2) is 5.82 Å². The standard InChI is InChI=1S/C11H19N3O/c1-3-9-13-10(15-14-9)11(12)6-4-5-8(2)7-11/h8H,3-7,12H2,1-2H3. The summed E-state index contributed by atoms with van der Waals surface area (Å²) in [6, 6.07) is 0. The monoisotopic (exact) mass is 209 g/mol. The molecule has 0 aliphatic heterocycles. The molecule has 1 fully saturated rings. The quantitative estimate of drug-likeness (QED) is 0.809. The Morgan fingerprint density at radius 2 is 2.40 bits per heavy atom. The summed E-state index contributed by atoms with van der Waals surface area (Å²) in [5, 5.41) is 3.91. The Balaban J connectivity index is 2.20. The summed E-state index contributed by atoms with van der Waals surface area (Å²) in [4.78, 5) is 4.36. The highest BCUT2D eigenvalue weighted by Gasteiger charge is 2.37. The molecule has 2 N–H and O–H groups in total. The summed E-state index contributed by atoms with van der Waals surface area (Å²) in [5.41, 5.74) is 5.97. The molecule has 0 spiro atoms. The second-order valence-corrected chi connectivity index (χ2v) is 4.73. The van der Waals surface area contributed by atoms with E-state index < -0.39 is 0 Å². The summed E-state index contributed by atoms with van der Waals surface area (Å²) in [6.07, 6.45) is 5.13. The molecule has 2 rings (SSSR count). The Morgan fingerprint density at radius 1 is 1.60 bits per heavy atom. The highest BCUT2D eigenvalue weighted by molar-refractivity contribution is 5.04. The maximum absolute atomic E-state index is 6.34. The van der Waals surface area contributed by atoms with Crippen LogP contribution in [0.1, 0.15) is 51.2 Å². The fraction of sp³-hybridized carbons (Fsp3) is 0.818. The molecule has 2 atom stereocenters. The zero-order chi connectivity index (χ0) is 10.9. The second kappa shape index (κ2) is 3.93. The second-order valence-electron chi connectivity index (χ2n) is 4.73. The van der Waals surface area contributed by atoms with Crippen molar-refractivity contribution in [3.63, 3.8) is 0 Å². The van der Waals surface area contributed by atoms with Crippen LogP contribution in [0.4, 0.5) is 0 Å². The third kappa shape index (κ3) is 2.04. The molecule has 4 nitrogen and oxygen atoms in total. The van der Waals surface area contributed by atoms with Crippen LogP contribution >= 0.6 is 0 Å². The van der Waals surface area contributed by atoms with Crippen LogP contribution in [0.25, 0.3) is 0 Å². The molecule has 1 aromatic rings. The van der Waals surface area contributed by atoms with E-state index >= 15 is 0 Å². The van der Waals surface area contributed by atoms with Crippen molar-refractivity contribution < 1.29 is 4.52 Å². The minimum atomic E-state index is -0.377. The topological polar surface area (TPSA) is 64.9 Å². The van der Waals surface area contributed by atoms with Crippen molar-refractivity contribution in [3.8, 4) is 0 Å². The first-order valence-corrected chi connectivity index (χ1v) is 5.76. The normalized spacial score (nSPS) is 31.8. The van der Waals surface area contributed by atoms with Crippen molar-refractivity contribution in [2.45, 2.75) is 51.5 Å². The Hall–Kier alpha value is -0.900. The van der Waals surface area contributed by atoms with Gasteiger partial charge >= 0.3 is 0 Å². The van der Waals surface area contributed by atoms with Gasteiger partial charge in [-0.25, -0.2) is 0 Å². The van der Waals surface area contributed by atoms with Crippen LogP contribution in [0.2, 0.25) is 0 Å². The molecule has 0 amide bonds. The number of nitrogens with two attached hydrogens (primary N) is 1. The number of hydrogen-bond acceptors (Lipinski definition) is 4. The van der Waals surface area contributed by atoms with Crippen molar-refractivity contribution in [2.24, 2.45) is 11.7 Å². The minimum Gasteiger partial charge on any atom is -0.337 e. The molecule has 1 aliphatic carbocycles. The maximum Gasteiger partial charge on any atom is 0.246 e. The highest BCUT2D eigenvalue weighted by Crippen LogP contribution is 2.36. The smallest absolute Gasteiger partial charge is 0.246 e. The zero-order valence-corrected chi connectivity index (χ0v) is 9.49. The molecule has 0 aromatic carbocycles. The zero-order valence-electron chi connectivity index (χ0n) is 9.49. The van der Waals surface area contributed by atoms with Crippen LogP contribution < -0.4 is 5.73 Å². The Kier molecular flexibility index (Phi) is 2.78. The molecule has 84 valence electrons. The largest absolute Gasteiger partial charge is 0.337 e. The molecule has 15 heavy (non-hydrogen) atoms. The van der Waals surface area contributed by atoms with Crippen LogP contribution in [0, 0.1) is 5.92 Å². The molecule has 0 radical (unpaired) electrons. The third-order valence-electron chi connectivity index (χ3n) is 3.24. The average molecular weight is 209 g/mol. The molecular weight excluding hydrogens is 190 g/mol. The van der Waals surface area contributed by atoms with Gasteiger partial charge in [0.2, 0.25) is 5.89 Å². The predicted molar refractivity (Wildman–Crippen MR) is 57.2 cm³/mol. The van der Waals surface area contributed by atoms with Gasteiger partial charge in [0.25, 0.3) is 0 Å². The van der Waals surface area contributed by atoms with E-state index in [-0.39, 0.29) is 5.54 Å². The van der Waals surface area contributed by atoms with E-state index in [0.717, 1.165) is 31.5 Å². The van der Waals surface area contributed by atoms with E-state index in [1.807, 2.05) is 6.92 Å². The Labute approximate surface area is 90.2 Å². The number of aryl methyl sites for hydroxylation is 1. The fourth-order valence-corrected chi connectivity index (χ4v) is 2.39. The van der Waals surface area contributed by atoms with Gasteiger partial charge in [-0.3, -0.25) is 0 Å². The summed E-state index contributed by atoms with van der Waals surface area (Å²) < 4.78 is 5.26. The molecule has 1 aromatic heterocycles. The average Bonchev–Trinajstić information content (AvgIpc) is 2.66. The van der Waals surface area contributed by atoms with E-state index in [1.165, 1.54) is 6.42 Å². The van der Waals surface area contributed by atoms with Crippen LogP contribution in [0.5, 0.6) is 0 Å².